The van der Waals surface area contributed by atoms with Crippen molar-refractivity contribution >= 4 is 11.8 Å². The molecule has 25 heavy (non-hydrogen) atoms. The quantitative estimate of drug-likeness (QED) is 0.538. The highest BCUT2D eigenvalue weighted by Gasteiger charge is 2.55. The van der Waals surface area contributed by atoms with Crippen molar-refractivity contribution in [1.29, 1.82) is 0 Å². The second-order valence-electron chi connectivity index (χ2n) is 9.31. The van der Waals surface area contributed by atoms with E-state index in [1.807, 2.05) is 0 Å². The minimum atomic E-state index is -0.888. The summed E-state index contributed by atoms with van der Waals surface area (Å²) in [5, 5.41) is 23.6. The maximum Gasteiger partial charge on any atom is 0.232 e. The second kappa shape index (κ2) is 6.20. The summed E-state index contributed by atoms with van der Waals surface area (Å²) in [6.07, 6.45) is 3.00. The molecule has 2 amide bonds. The van der Waals surface area contributed by atoms with E-state index >= 15 is 0 Å². The van der Waals surface area contributed by atoms with Crippen LogP contribution >= 0.6 is 0 Å². The Morgan fingerprint density at radius 2 is 1.96 bits per heavy atom. The molecule has 0 aromatic rings. The molecule has 1 heterocycles. The molecule has 6 atom stereocenters. The van der Waals surface area contributed by atoms with Crippen LogP contribution in [0.2, 0.25) is 0 Å². The van der Waals surface area contributed by atoms with Crippen molar-refractivity contribution in [2.45, 2.75) is 71.5 Å². The highest BCUT2D eigenvalue weighted by Crippen LogP contribution is 2.61. The standard InChI is InChI=1S/C20H31NO4/c1-11-13(9-15(23)12-8-17(24)21-18(12)25)20(4)7-5-6-19(2,3)16(20)10-14(11)22/h12-16,22-23H,1,5-10H2,2-4H3,(H,21,24,25). The number of aliphatic hydroxyl groups is 2. The number of hydrogen-bond acceptors (Lipinski definition) is 4. The Bertz CT molecular complexity index is 599. The van der Waals surface area contributed by atoms with Gasteiger partial charge in [-0.2, -0.15) is 0 Å². The van der Waals surface area contributed by atoms with Gasteiger partial charge in [-0.3, -0.25) is 14.9 Å². The van der Waals surface area contributed by atoms with E-state index < -0.39 is 18.1 Å². The summed E-state index contributed by atoms with van der Waals surface area (Å²) in [6.45, 7) is 10.9. The summed E-state index contributed by atoms with van der Waals surface area (Å²) in [5.74, 6) is -1.08. The summed E-state index contributed by atoms with van der Waals surface area (Å²) in [4.78, 5) is 23.4. The Labute approximate surface area is 149 Å². The fourth-order valence-electron chi connectivity index (χ4n) is 5.91. The summed E-state index contributed by atoms with van der Waals surface area (Å²) in [5.41, 5.74) is 0.872. The van der Waals surface area contributed by atoms with E-state index in [4.69, 9.17) is 0 Å². The SMILES string of the molecule is C=C1C(O)CC2C(C)(C)CCCC2(C)C1CC(O)C1CC(=O)NC1=O. The number of hydrogen-bond donors (Lipinski definition) is 3. The first-order chi connectivity index (χ1) is 11.6. The topological polar surface area (TPSA) is 86.6 Å². The molecule has 5 heteroatoms. The maximum atomic E-state index is 11.9. The molecule has 0 spiro atoms. The van der Waals surface area contributed by atoms with Crippen LogP contribution in [0.25, 0.3) is 0 Å². The van der Waals surface area contributed by atoms with Crippen LogP contribution in [0.4, 0.5) is 0 Å². The predicted octanol–water partition coefficient (Wildman–Crippen LogP) is 2.17. The molecule has 6 unspecified atom stereocenters. The van der Waals surface area contributed by atoms with Crippen LogP contribution in [0.15, 0.2) is 12.2 Å². The number of aliphatic hydroxyl groups excluding tert-OH is 2. The summed E-state index contributed by atoms with van der Waals surface area (Å²) < 4.78 is 0. The van der Waals surface area contributed by atoms with Crippen LogP contribution in [-0.2, 0) is 9.59 Å². The number of nitrogens with one attached hydrogen (secondary N) is 1. The molecule has 0 bridgehead atoms. The van der Waals surface area contributed by atoms with Gasteiger partial charge in [0.05, 0.1) is 18.1 Å². The Hall–Kier alpha value is -1.20. The molecule has 140 valence electrons. The predicted molar refractivity (Wildman–Crippen MR) is 94.4 cm³/mol. The van der Waals surface area contributed by atoms with Crippen molar-refractivity contribution in [3.63, 3.8) is 0 Å². The van der Waals surface area contributed by atoms with E-state index in [-0.39, 0.29) is 35.0 Å². The number of amides is 2. The summed E-state index contributed by atoms with van der Waals surface area (Å²) in [7, 11) is 0. The van der Waals surface area contributed by atoms with Gasteiger partial charge in [-0.25, -0.2) is 0 Å². The molecule has 3 N–H and O–H groups in total. The maximum absolute atomic E-state index is 11.9. The third kappa shape index (κ3) is 3.06. The van der Waals surface area contributed by atoms with Gasteiger partial charge in [0.25, 0.3) is 0 Å². The lowest BCUT2D eigenvalue weighted by Crippen LogP contribution is -2.53. The number of carbonyl (C=O) groups is 2. The minimum Gasteiger partial charge on any atom is -0.392 e. The van der Waals surface area contributed by atoms with E-state index in [0.717, 1.165) is 31.3 Å². The van der Waals surface area contributed by atoms with Crippen molar-refractivity contribution in [2.24, 2.45) is 28.6 Å². The number of imide groups is 1. The molecule has 0 aromatic heterocycles. The van der Waals surface area contributed by atoms with E-state index in [9.17, 15) is 19.8 Å². The molecule has 2 aliphatic carbocycles. The van der Waals surface area contributed by atoms with Gasteiger partial charge in [0.2, 0.25) is 11.8 Å². The fourth-order valence-corrected chi connectivity index (χ4v) is 5.91. The highest BCUT2D eigenvalue weighted by atomic mass is 16.3. The zero-order chi connectivity index (χ0) is 18.6. The highest BCUT2D eigenvalue weighted by molar-refractivity contribution is 6.03. The van der Waals surface area contributed by atoms with Gasteiger partial charge in [0.1, 0.15) is 0 Å². The van der Waals surface area contributed by atoms with Crippen LogP contribution in [0.5, 0.6) is 0 Å². The Morgan fingerprint density at radius 3 is 2.56 bits per heavy atom. The van der Waals surface area contributed by atoms with Crippen LogP contribution in [0, 0.1) is 28.6 Å². The minimum absolute atomic E-state index is 0.0423. The largest absolute Gasteiger partial charge is 0.392 e. The Morgan fingerprint density at radius 1 is 1.28 bits per heavy atom. The van der Waals surface area contributed by atoms with Gasteiger partial charge in [-0.05, 0) is 53.9 Å². The first-order valence-corrected chi connectivity index (χ1v) is 9.45. The van der Waals surface area contributed by atoms with Gasteiger partial charge >= 0.3 is 0 Å². The van der Waals surface area contributed by atoms with E-state index in [2.05, 4.69) is 32.7 Å². The molecule has 0 aromatic carbocycles. The zero-order valence-electron chi connectivity index (χ0n) is 15.5. The molecule has 3 rings (SSSR count). The molecule has 1 aliphatic heterocycles. The third-order valence-electron chi connectivity index (χ3n) is 7.35. The van der Waals surface area contributed by atoms with Crippen molar-refractivity contribution in [3.8, 4) is 0 Å². The van der Waals surface area contributed by atoms with Crippen molar-refractivity contribution in [2.75, 3.05) is 0 Å². The normalized spacial score (nSPS) is 42.0. The molecule has 2 saturated carbocycles. The third-order valence-corrected chi connectivity index (χ3v) is 7.35. The van der Waals surface area contributed by atoms with E-state index in [0.29, 0.717) is 12.3 Å². The molecule has 0 radical (unpaired) electrons. The van der Waals surface area contributed by atoms with Gasteiger partial charge in [0.15, 0.2) is 0 Å². The van der Waals surface area contributed by atoms with Crippen LogP contribution in [0.1, 0.15) is 59.3 Å². The van der Waals surface area contributed by atoms with Crippen molar-refractivity contribution in [1.82, 2.24) is 5.32 Å². The monoisotopic (exact) mass is 349 g/mol. The summed E-state index contributed by atoms with van der Waals surface area (Å²) >= 11 is 0. The summed E-state index contributed by atoms with van der Waals surface area (Å²) in [6, 6.07) is 0. The smallest absolute Gasteiger partial charge is 0.232 e. The fraction of sp³-hybridized carbons (Fsp3) is 0.800. The van der Waals surface area contributed by atoms with Crippen LogP contribution in [0.3, 0.4) is 0 Å². The van der Waals surface area contributed by atoms with E-state index in [1.54, 1.807) is 0 Å². The Kier molecular flexibility index (Phi) is 4.61. The number of carbonyl (C=O) groups excluding carboxylic acids is 2. The lowest BCUT2D eigenvalue weighted by molar-refractivity contribution is -0.128. The van der Waals surface area contributed by atoms with Crippen molar-refractivity contribution < 1.29 is 19.8 Å². The molecule has 1 saturated heterocycles. The average Bonchev–Trinajstić information content (AvgIpc) is 2.85. The van der Waals surface area contributed by atoms with Crippen molar-refractivity contribution in [3.05, 3.63) is 12.2 Å². The van der Waals surface area contributed by atoms with Gasteiger partial charge in [-0.1, -0.05) is 33.8 Å². The number of rotatable bonds is 3. The first-order valence-electron chi connectivity index (χ1n) is 9.45. The molecule has 3 fully saturated rings. The number of fused-ring (bicyclic) bond motifs is 1. The van der Waals surface area contributed by atoms with E-state index in [1.165, 1.54) is 0 Å². The zero-order valence-corrected chi connectivity index (χ0v) is 15.5. The average molecular weight is 349 g/mol. The molecule has 5 nitrogen and oxygen atoms in total. The Balaban J connectivity index is 1.86. The van der Waals surface area contributed by atoms with Crippen LogP contribution < -0.4 is 5.32 Å². The van der Waals surface area contributed by atoms with Crippen LogP contribution in [-0.4, -0.2) is 34.2 Å². The van der Waals surface area contributed by atoms with Gasteiger partial charge in [-0.15, -0.1) is 0 Å². The second-order valence-corrected chi connectivity index (χ2v) is 9.31. The van der Waals surface area contributed by atoms with Gasteiger partial charge in [0, 0.05) is 6.42 Å². The lowest BCUT2D eigenvalue weighted by atomic mass is 9.46. The van der Waals surface area contributed by atoms with Gasteiger partial charge < -0.3 is 10.2 Å². The first kappa shape index (κ1) is 18.6. The molecule has 3 aliphatic rings. The molecular formula is C20H31NO4. The molecular weight excluding hydrogens is 318 g/mol. The lowest BCUT2D eigenvalue weighted by Gasteiger charge is -2.59.